The first-order chi connectivity index (χ1) is 10.6. The third-order valence-electron chi connectivity index (χ3n) is 2.88. The number of rotatable bonds is 5. The van der Waals surface area contributed by atoms with Crippen LogP contribution in [-0.4, -0.2) is 29.5 Å². The number of hydrogen-bond donors (Lipinski definition) is 4. The molecule has 0 spiro atoms. The zero-order valence-electron chi connectivity index (χ0n) is 11.8. The topological polar surface area (TPSA) is 103 Å². The summed E-state index contributed by atoms with van der Waals surface area (Å²) < 4.78 is 4.97. The maximum atomic E-state index is 11.8. The number of carbonyl (C=O) groups is 1. The summed E-state index contributed by atoms with van der Waals surface area (Å²) in [7, 11) is 1.50. The Balaban J connectivity index is 2.00. The van der Waals surface area contributed by atoms with Gasteiger partial charge in [0.15, 0.2) is 0 Å². The predicted molar refractivity (Wildman–Crippen MR) is 81.6 cm³/mol. The molecule has 0 fully saturated rings. The summed E-state index contributed by atoms with van der Waals surface area (Å²) in [4.78, 5) is 11.8. The van der Waals surface area contributed by atoms with Gasteiger partial charge in [-0.2, -0.15) is 5.10 Å². The van der Waals surface area contributed by atoms with Gasteiger partial charge in [0.05, 0.1) is 19.0 Å². The van der Waals surface area contributed by atoms with Gasteiger partial charge in [-0.05, 0) is 36.4 Å². The van der Waals surface area contributed by atoms with Crippen molar-refractivity contribution in [2.75, 3.05) is 12.6 Å². The molecule has 0 aromatic heterocycles. The number of anilines is 1. The Bertz CT molecular complexity index is 684. The first-order valence-corrected chi connectivity index (χ1v) is 6.34. The van der Waals surface area contributed by atoms with E-state index in [0.29, 0.717) is 22.6 Å². The van der Waals surface area contributed by atoms with E-state index in [9.17, 15) is 9.90 Å². The Morgan fingerprint density at radius 2 is 1.95 bits per heavy atom. The Hall–Kier alpha value is -3.06. The summed E-state index contributed by atoms with van der Waals surface area (Å²) in [5.41, 5.74) is 5.62. The minimum atomic E-state index is -0.409. The highest BCUT2D eigenvalue weighted by Gasteiger charge is 2.04. The molecule has 0 aliphatic carbocycles. The second-order valence-electron chi connectivity index (χ2n) is 4.31. The fourth-order valence-electron chi connectivity index (χ4n) is 1.68. The van der Waals surface area contributed by atoms with Crippen molar-refractivity contribution in [2.45, 2.75) is 0 Å². The van der Waals surface area contributed by atoms with E-state index in [2.05, 4.69) is 10.5 Å². The monoisotopic (exact) mass is 301 g/mol. The van der Waals surface area contributed by atoms with Gasteiger partial charge in [-0.1, -0.05) is 0 Å². The normalized spacial score (nSPS) is 10.5. The Kier molecular flexibility index (Phi) is 4.94. The van der Waals surface area contributed by atoms with Crippen molar-refractivity contribution in [3.05, 3.63) is 53.6 Å². The van der Waals surface area contributed by atoms with Crippen molar-refractivity contribution < 1.29 is 19.8 Å². The number of nitrogens with zero attached hydrogens (tertiary/aromatic N) is 1. The van der Waals surface area contributed by atoms with Crippen molar-refractivity contribution in [2.24, 2.45) is 5.10 Å². The second-order valence-corrected chi connectivity index (χ2v) is 4.31. The summed E-state index contributed by atoms with van der Waals surface area (Å²) in [6, 6.07) is 10.9. The highest BCUT2D eigenvalue weighted by Crippen LogP contribution is 2.21. The molecule has 0 saturated heterocycles. The standard InChI is InChI=1S/C15H15N3O4/c1-22-13-7-4-11(14(19)8-13)9-16-17-15(20)10-2-5-12(18-21)6-3-10/h2-9,18-19,21H,1H3,(H,17,20)/b16-9+. The molecule has 2 aromatic rings. The van der Waals surface area contributed by atoms with Gasteiger partial charge in [-0.15, -0.1) is 0 Å². The molecule has 1 amide bonds. The molecule has 0 heterocycles. The van der Waals surface area contributed by atoms with E-state index < -0.39 is 5.91 Å². The number of carbonyl (C=O) groups excluding carboxylic acids is 1. The molecule has 0 bridgehead atoms. The summed E-state index contributed by atoms with van der Waals surface area (Å²) in [6.07, 6.45) is 1.33. The number of hydrazone groups is 1. The van der Waals surface area contributed by atoms with E-state index >= 15 is 0 Å². The fourth-order valence-corrected chi connectivity index (χ4v) is 1.68. The summed E-state index contributed by atoms with van der Waals surface area (Å²) in [5.74, 6) is 0.112. The number of aromatic hydroxyl groups is 1. The third kappa shape index (κ3) is 3.74. The van der Waals surface area contributed by atoms with Crippen molar-refractivity contribution in [1.82, 2.24) is 5.43 Å². The van der Waals surface area contributed by atoms with Gasteiger partial charge in [-0.25, -0.2) is 5.43 Å². The molecule has 7 nitrogen and oxygen atoms in total. The zero-order chi connectivity index (χ0) is 15.9. The molecule has 0 radical (unpaired) electrons. The molecular formula is C15H15N3O4. The largest absolute Gasteiger partial charge is 0.507 e. The van der Waals surface area contributed by atoms with Gasteiger partial charge in [0.1, 0.15) is 11.5 Å². The van der Waals surface area contributed by atoms with Crippen molar-refractivity contribution in [1.29, 1.82) is 0 Å². The van der Waals surface area contributed by atoms with Crippen LogP contribution in [0.25, 0.3) is 0 Å². The van der Waals surface area contributed by atoms with Crippen LogP contribution in [-0.2, 0) is 0 Å². The number of benzene rings is 2. The highest BCUT2D eigenvalue weighted by atomic mass is 16.5. The summed E-state index contributed by atoms with van der Waals surface area (Å²) in [5, 5.41) is 22.2. The van der Waals surface area contributed by atoms with E-state index in [4.69, 9.17) is 9.94 Å². The van der Waals surface area contributed by atoms with Crippen LogP contribution in [0, 0.1) is 0 Å². The number of ether oxygens (including phenoxy) is 1. The smallest absolute Gasteiger partial charge is 0.271 e. The van der Waals surface area contributed by atoms with Gasteiger partial charge in [0.25, 0.3) is 5.91 Å². The average Bonchev–Trinajstić information content (AvgIpc) is 2.56. The van der Waals surface area contributed by atoms with Gasteiger partial charge < -0.3 is 9.84 Å². The molecule has 22 heavy (non-hydrogen) atoms. The van der Waals surface area contributed by atoms with Crippen molar-refractivity contribution >= 4 is 17.8 Å². The molecule has 0 atom stereocenters. The van der Waals surface area contributed by atoms with Crippen molar-refractivity contribution in [3.63, 3.8) is 0 Å². The molecule has 4 N–H and O–H groups in total. The highest BCUT2D eigenvalue weighted by molar-refractivity contribution is 5.95. The minimum absolute atomic E-state index is 0.00396. The zero-order valence-corrected chi connectivity index (χ0v) is 11.8. The lowest BCUT2D eigenvalue weighted by molar-refractivity contribution is 0.0955. The van der Waals surface area contributed by atoms with Crippen LogP contribution in [0.4, 0.5) is 5.69 Å². The molecule has 0 unspecified atom stereocenters. The number of phenols is 1. The van der Waals surface area contributed by atoms with Crippen LogP contribution in [0.3, 0.4) is 0 Å². The lowest BCUT2D eigenvalue weighted by atomic mass is 10.2. The van der Waals surface area contributed by atoms with E-state index in [0.717, 1.165) is 0 Å². The second kappa shape index (κ2) is 7.09. The van der Waals surface area contributed by atoms with E-state index in [1.807, 2.05) is 5.48 Å². The Labute approximate surface area is 126 Å². The van der Waals surface area contributed by atoms with Gasteiger partial charge >= 0.3 is 0 Å². The molecule has 0 saturated carbocycles. The van der Waals surface area contributed by atoms with Gasteiger partial charge in [0.2, 0.25) is 0 Å². The first-order valence-electron chi connectivity index (χ1n) is 6.34. The molecular weight excluding hydrogens is 286 g/mol. The molecule has 2 rings (SSSR count). The van der Waals surface area contributed by atoms with Gasteiger partial charge in [0, 0.05) is 17.2 Å². The maximum absolute atomic E-state index is 11.8. The van der Waals surface area contributed by atoms with Crippen LogP contribution < -0.4 is 15.6 Å². The van der Waals surface area contributed by atoms with E-state index in [-0.39, 0.29) is 5.75 Å². The van der Waals surface area contributed by atoms with E-state index in [1.165, 1.54) is 31.5 Å². The Morgan fingerprint density at radius 3 is 2.55 bits per heavy atom. The molecule has 7 heteroatoms. The first kappa shape index (κ1) is 15.3. The molecule has 114 valence electrons. The van der Waals surface area contributed by atoms with Crippen LogP contribution in [0.15, 0.2) is 47.6 Å². The van der Waals surface area contributed by atoms with Crippen LogP contribution in [0.2, 0.25) is 0 Å². The number of amides is 1. The predicted octanol–water partition coefficient (Wildman–Crippen LogP) is 1.97. The quantitative estimate of drug-likeness (QED) is 0.499. The maximum Gasteiger partial charge on any atom is 0.271 e. The van der Waals surface area contributed by atoms with Crippen LogP contribution in [0.1, 0.15) is 15.9 Å². The molecule has 0 aliphatic heterocycles. The van der Waals surface area contributed by atoms with Crippen molar-refractivity contribution in [3.8, 4) is 11.5 Å². The molecule has 0 aliphatic rings. The number of phenolic OH excluding ortho intramolecular Hbond substituents is 1. The average molecular weight is 301 g/mol. The number of methoxy groups -OCH3 is 1. The minimum Gasteiger partial charge on any atom is -0.507 e. The number of nitrogens with one attached hydrogen (secondary N) is 2. The molecule has 2 aromatic carbocycles. The lowest BCUT2D eigenvalue weighted by Gasteiger charge is -2.03. The number of hydrogen-bond acceptors (Lipinski definition) is 6. The Morgan fingerprint density at radius 1 is 1.23 bits per heavy atom. The SMILES string of the molecule is COc1ccc(/C=N/NC(=O)c2ccc(NO)cc2)c(O)c1. The van der Waals surface area contributed by atoms with Crippen LogP contribution >= 0.6 is 0 Å². The third-order valence-corrected chi connectivity index (χ3v) is 2.88. The van der Waals surface area contributed by atoms with Gasteiger partial charge in [-0.3, -0.25) is 15.5 Å². The lowest BCUT2D eigenvalue weighted by Crippen LogP contribution is -2.17. The fraction of sp³-hybridized carbons (Fsp3) is 0.0667. The summed E-state index contributed by atoms with van der Waals surface area (Å²) >= 11 is 0. The summed E-state index contributed by atoms with van der Waals surface area (Å²) in [6.45, 7) is 0. The van der Waals surface area contributed by atoms with Crippen LogP contribution in [0.5, 0.6) is 11.5 Å². The van der Waals surface area contributed by atoms with E-state index in [1.54, 1.807) is 24.3 Å².